The van der Waals surface area contributed by atoms with Crippen molar-refractivity contribution >= 4 is 11.0 Å². The van der Waals surface area contributed by atoms with Crippen LogP contribution in [-0.4, -0.2) is 13.1 Å². The zero-order chi connectivity index (χ0) is 14.8. The van der Waals surface area contributed by atoms with Crippen molar-refractivity contribution in [3.8, 4) is 0 Å². The Bertz CT molecular complexity index is 689. The molecule has 112 valence electrons. The number of para-hydroxylation sites is 1. The molecule has 21 heavy (non-hydrogen) atoms. The normalized spacial score (nSPS) is 18.0. The first-order valence-corrected chi connectivity index (χ1v) is 7.62. The fourth-order valence-electron chi connectivity index (χ4n) is 3.23. The lowest BCUT2D eigenvalue weighted by Gasteiger charge is -2.25. The van der Waals surface area contributed by atoms with Crippen LogP contribution < -0.4 is 10.9 Å². The third-order valence-electron chi connectivity index (χ3n) is 4.31. The molecule has 0 radical (unpaired) electrons. The number of hydrogen-bond acceptors (Lipinski definition) is 3. The van der Waals surface area contributed by atoms with Gasteiger partial charge in [0.25, 0.3) is 0 Å². The third-order valence-corrected chi connectivity index (χ3v) is 4.31. The van der Waals surface area contributed by atoms with Crippen LogP contribution in [0.2, 0.25) is 0 Å². The molecule has 2 heterocycles. The largest absolute Gasteiger partial charge is 0.423 e. The molecule has 1 aliphatic heterocycles. The maximum Gasteiger partial charge on any atom is 0.340 e. The Morgan fingerprint density at radius 3 is 2.76 bits per heavy atom. The van der Waals surface area contributed by atoms with E-state index >= 15 is 0 Å². The van der Waals surface area contributed by atoms with Crippen LogP contribution in [0.4, 0.5) is 4.39 Å². The van der Waals surface area contributed by atoms with Gasteiger partial charge >= 0.3 is 5.63 Å². The van der Waals surface area contributed by atoms with Gasteiger partial charge < -0.3 is 9.73 Å². The van der Waals surface area contributed by atoms with Gasteiger partial charge in [-0.3, -0.25) is 0 Å². The Morgan fingerprint density at radius 1 is 1.33 bits per heavy atom. The topological polar surface area (TPSA) is 42.2 Å². The van der Waals surface area contributed by atoms with Crippen molar-refractivity contribution in [3.05, 3.63) is 45.8 Å². The quantitative estimate of drug-likeness (QED) is 0.876. The molecule has 4 heteroatoms. The maximum atomic E-state index is 14.6. The fraction of sp³-hybridized carbons (Fsp3) is 0.471. The second-order valence-electron chi connectivity index (χ2n) is 5.61. The first-order chi connectivity index (χ1) is 10.2. The first kappa shape index (κ1) is 14.3. The highest BCUT2D eigenvalue weighted by Crippen LogP contribution is 2.36. The lowest BCUT2D eigenvalue weighted by atomic mass is 9.85. The average Bonchev–Trinajstić information content (AvgIpc) is 2.53. The van der Waals surface area contributed by atoms with Gasteiger partial charge in [0.1, 0.15) is 11.8 Å². The molecule has 1 N–H and O–H groups in total. The van der Waals surface area contributed by atoms with Crippen LogP contribution in [0.5, 0.6) is 0 Å². The lowest BCUT2D eigenvalue weighted by Crippen LogP contribution is -2.30. The Morgan fingerprint density at radius 2 is 2.05 bits per heavy atom. The highest BCUT2D eigenvalue weighted by atomic mass is 19.1. The molecule has 1 aromatic heterocycles. The lowest BCUT2D eigenvalue weighted by molar-refractivity contribution is 0.327. The summed E-state index contributed by atoms with van der Waals surface area (Å²) in [5.41, 5.74) is 1.22. The molecular weight excluding hydrogens is 269 g/mol. The molecule has 1 aliphatic rings. The van der Waals surface area contributed by atoms with E-state index in [1.165, 1.54) is 0 Å². The first-order valence-electron chi connectivity index (χ1n) is 7.62. The molecule has 2 aromatic rings. The van der Waals surface area contributed by atoms with Crippen molar-refractivity contribution in [2.75, 3.05) is 13.1 Å². The van der Waals surface area contributed by atoms with Crippen LogP contribution in [-0.2, 0) is 0 Å². The minimum atomic E-state index is -1.12. The second kappa shape index (κ2) is 5.98. The van der Waals surface area contributed by atoms with Gasteiger partial charge in [0.05, 0.1) is 0 Å². The molecule has 1 saturated heterocycles. The van der Waals surface area contributed by atoms with Crippen molar-refractivity contribution in [3.63, 3.8) is 0 Å². The van der Waals surface area contributed by atoms with Crippen molar-refractivity contribution in [2.24, 2.45) is 0 Å². The summed E-state index contributed by atoms with van der Waals surface area (Å²) in [4.78, 5) is 12.4. The minimum Gasteiger partial charge on any atom is -0.423 e. The average molecular weight is 289 g/mol. The number of fused-ring (bicyclic) bond motifs is 1. The van der Waals surface area contributed by atoms with E-state index in [9.17, 15) is 9.18 Å². The molecule has 3 rings (SSSR count). The summed E-state index contributed by atoms with van der Waals surface area (Å²) in [6.45, 7) is 3.53. The smallest absolute Gasteiger partial charge is 0.340 e. The van der Waals surface area contributed by atoms with E-state index in [4.69, 9.17) is 4.42 Å². The van der Waals surface area contributed by atoms with Crippen LogP contribution in [0, 0.1) is 0 Å². The molecule has 0 bridgehead atoms. The summed E-state index contributed by atoms with van der Waals surface area (Å²) < 4.78 is 20.0. The van der Waals surface area contributed by atoms with Crippen molar-refractivity contribution < 1.29 is 8.81 Å². The highest BCUT2D eigenvalue weighted by molar-refractivity contribution is 5.81. The zero-order valence-corrected chi connectivity index (χ0v) is 12.2. The number of halogens is 1. The molecule has 1 aromatic carbocycles. The van der Waals surface area contributed by atoms with Crippen LogP contribution >= 0.6 is 0 Å². The summed E-state index contributed by atoms with van der Waals surface area (Å²) >= 11 is 0. The molecule has 1 unspecified atom stereocenters. The number of piperidine rings is 1. The number of rotatable bonds is 3. The monoisotopic (exact) mass is 289 g/mol. The Hall–Kier alpha value is -1.68. The van der Waals surface area contributed by atoms with E-state index < -0.39 is 6.17 Å². The summed E-state index contributed by atoms with van der Waals surface area (Å²) in [7, 11) is 0. The van der Waals surface area contributed by atoms with Crippen molar-refractivity contribution in [1.29, 1.82) is 0 Å². The van der Waals surface area contributed by atoms with Crippen molar-refractivity contribution in [1.82, 2.24) is 5.32 Å². The SMILES string of the molecule is CCC(F)c1c(C2CCNCC2)c(=O)oc2ccccc12. The predicted molar refractivity (Wildman–Crippen MR) is 81.5 cm³/mol. The molecule has 0 aliphatic carbocycles. The van der Waals surface area contributed by atoms with Gasteiger partial charge in [0, 0.05) is 16.5 Å². The highest BCUT2D eigenvalue weighted by Gasteiger charge is 2.27. The van der Waals surface area contributed by atoms with Gasteiger partial charge in [0.2, 0.25) is 0 Å². The maximum absolute atomic E-state index is 14.6. The van der Waals surface area contributed by atoms with Crippen LogP contribution in [0.1, 0.15) is 49.4 Å². The zero-order valence-electron chi connectivity index (χ0n) is 12.2. The Labute approximate surface area is 123 Å². The van der Waals surface area contributed by atoms with Gasteiger partial charge in [-0.25, -0.2) is 9.18 Å². The molecule has 1 fully saturated rings. The van der Waals surface area contributed by atoms with Crippen molar-refractivity contribution in [2.45, 2.75) is 38.3 Å². The number of alkyl halides is 1. The molecule has 0 spiro atoms. The van der Waals surface area contributed by atoms with E-state index in [2.05, 4.69) is 5.32 Å². The fourth-order valence-corrected chi connectivity index (χ4v) is 3.23. The van der Waals surface area contributed by atoms with E-state index in [-0.39, 0.29) is 11.5 Å². The molecule has 3 nitrogen and oxygen atoms in total. The van der Waals surface area contributed by atoms with Crippen LogP contribution in [0.15, 0.2) is 33.5 Å². The molecule has 0 amide bonds. The van der Waals surface area contributed by atoms with Crippen LogP contribution in [0.3, 0.4) is 0 Å². The standard InChI is InChI=1S/C17H20FNO2/c1-2-13(18)16-12-5-3-4-6-14(12)21-17(20)15(16)11-7-9-19-10-8-11/h3-6,11,13,19H,2,7-10H2,1H3. The Balaban J connectivity index is 2.25. The van der Waals surface area contributed by atoms with Crippen LogP contribution in [0.25, 0.3) is 11.0 Å². The Kier molecular flexibility index (Phi) is 4.06. The van der Waals surface area contributed by atoms with Gasteiger partial charge in [-0.15, -0.1) is 0 Å². The summed E-state index contributed by atoms with van der Waals surface area (Å²) in [5, 5.41) is 4.01. The summed E-state index contributed by atoms with van der Waals surface area (Å²) in [6, 6.07) is 7.24. The number of hydrogen-bond donors (Lipinski definition) is 1. The number of nitrogens with one attached hydrogen (secondary N) is 1. The predicted octanol–water partition coefficient (Wildman–Crippen LogP) is 3.68. The van der Waals surface area contributed by atoms with E-state index in [1.807, 2.05) is 12.1 Å². The van der Waals surface area contributed by atoms with E-state index in [0.29, 0.717) is 23.1 Å². The van der Waals surface area contributed by atoms with E-state index in [1.54, 1.807) is 19.1 Å². The molecule has 0 saturated carbocycles. The minimum absolute atomic E-state index is 0.0897. The summed E-state index contributed by atoms with van der Waals surface area (Å²) in [5.74, 6) is 0.0897. The summed E-state index contributed by atoms with van der Waals surface area (Å²) in [6.07, 6.45) is 0.952. The second-order valence-corrected chi connectivity index (χ2v) is 5.61. The van der Waals surface area contributed by atoms with Gasteiger partial charge in [-0.2, -0.15) is 0 Å². The van der Waals surface area contributed by atoms with E-state index in [0.717, 1.165) is 31.3 Å². The van der Waals surface area contributed by atoms with Gasteiger partial charge in [-0.05, 0) is 44.3 Å². The van der Waals surface area contributed by atoms with Gasteiger partial charge in [-0.1, -0.05) is 25.1 Å². The third kappa shape index (κ3) is 2.60. The van der Waals surface area contributed by atoms with Gasteiger partial charge in [0.15, 0.2) is 0 Å². The molecular formula is C17H20FNO2. The molecule has 1 atom stereocenters. The number of benzene rings is 1.